The maximum absolute atomic E-state index is 13.3. The minimum Gasteiger partial charge on any atom is -0.372 e. The third kappa shape index (κ3) is 7.01. The Morgan fingerprint density at radius 2 is 1.90 bits per heavy atom. The van der Waals surface area contributed by atoms with Crippen LogP contribution in [0.3, 0.4) is 0 Å². The molecule has 0 saturated carbocycles. The molecule has 114 valence electrons. The molecule has 2 nitrogen and oxygen atoms in total. The van der Waals surface area contributed by atoms with E-state index in [0.29, 0.717) is 6.54 Å². The molecule has 0 aliphatic heterocycles. The van der Waals surface area contributed by atoms with Crippen LogP contribution in [0.5, 0.6) is 0 Å². The number of benzene rings is 1. The Hall–Kier alpha value is -0.930. The van der Waals surface area contributed by atoms with Gasteiger partial charge in [0, 0.05) is 13.2 Å². The van der Waals surface area contributed by atoms with Gasteiger partial charge in [0.15, 0.2) is 0 Å². The maximum Gasteiger partial charge on any atom is 0.123 e. The molecule has 0 spiro atoms. The largest absolute Gasteiger partial charge is 0.372 e. The highest BCUT2D eigenvalue weighted by atomic mass is 19.1. The fourth-order valence-electron chi connectivity index (χ4n) is 2.27. The minimum absolute atomic E-state index is 0.0636. The van der Waals surface area contributed by atoms with Gasteiger partial charge in [-0.1, -0.05) is 51.2 Å². The van der Waals surface area contributed by atoms with Gasteiger partial charge < -0.3 is 10.1 Å². The molecule has 20 heavy (non-hydrogen) atoms. The first-order valence-corrected chi connectivity index (χ1v) is 7.79. The second-order valence-electron chi connectivity index (χ2n) is 5.24. The van der Waals surface area contributed by atoms with E-state index in [1.807, 2.05) is 13.1 Å². The van der Waals surface area contributed by atoms with Gasteiger partial charge in [-0.05, 0) is 31.2 Å². The van der Waals surface area contributed by atoms with Crippen molar-refractivity contribution in [3.8, 4) is 0 Å². The van der Waals surface area contributed by atoms with Gasteiger partial charge in [-0.15, -0.1) is 0 Å². The normalized spacial score (nSPS) is 12.6. The summed E-state index contributed by atoms with van der Waals surface area (Å²) < 4.78 is 19.2. The van der Waals surface area contributed by atoms with E-state index in [1.165, 1.54) is 38.2 Å². The third-order valence-corrected chi connectivity index (χ3v) is 3.43. The van der Waals surface area contributed by atoms with Crippen molar-refractivity contribution >= 4 is 0 Å². The zero-order valence-electron chi connectivity index (χ0n) is 12.8. The van der Waals surface area contributed by atoms with Crippen LogP contribution in [0.15, 0.2) is 24.3 Å². The Kier molecular flexibility index (Phi) is 9.25. The van der Waals surface area contributed by atoms with Gasteiger partial charge in [0.2, 0.25) is 0 Å². The summed E-state index contributed by atoms with van der Waals surface area (Å²) in [4.78, 5) is 0. The zero-order chi connectivity index (χ0) is 14.6. The number of hydrogen-bond donors (Lipinski definition) is 1. The van der Waals surface area contributed by atoms with E-state index in [1.54, 1.807) is 12.1 Å². The van der Waals surface area contributed by atoms with Gasteiger partial charge in [0.25, 0.3) is 0 Å². The molecule has 0 aliphatic carbocycles. The standard InChI is InChI=1S/C17H28FNO/c1-3-4-5-6-7-8-12-20-17(14-19-2)15-10-9-11-16(18)13-15/h9-11,13,17,19H,3-8,12,14H2,1-2H3. The molecule has 0 fully saturated rings. The molecule has 1 atom stereocenters. The van der Waals surface area contributed by atoms with Crippen LogP contribution in [-0.2, 0) is 4.74 Å². The van der Waals surface area contributed by atoms with E-state index in [9.17, 15) is 4.39 Å². The lowest BCUT2D eigenvalue weighted by molar-refractivity contribution is 0.0509. The average Bonchev–Trinajstić information content (AvgIpc) is 2.45. The van der Waals surface area contributed by atoms with Gasteiger partial charge in [-0.2, -0.15) is 0 Å². The molecule has 0 aliphatic rings. The average molecular weight is 281 g/mol. The number of nitrogens with one attached hydrogen (secondary N) is 1. The smallest absolute Gasteiger partial charge is 0.123 e. The summed E-state index contributed by atoms with van der Waals surface area (Å²) >= 11 is 0. The van der Waals surface area contributed by atoms with E-state index in [4.69, 9.17) is 4.74 Å². The minimum atomic E-state index is -0.202. The molecular formula is C17H28FNO. The summed E-state index contributed by atoms with van der Waals surface area (Å²) in [5, 5.41) is 3.11. The van der Waals surface area contributed by atoms with E-state index in [-0.39, 0.29) is 11.9 Å². The van der Waals surface area contributed by atoms with Crippen LogP contribution in [0, 0.1) is 5.82 Å². The number of likely N-dealkylation sites (N-methyl/N-ethyl adjacent to an activating group) is 1. The van der Waals surface area contributed by atoms with Crippen molar-refractivity contribution in [1.29, 1.82) is 0 Å². The van der Waals surface area contributed by atoms with Crippen LogP contribution in [0.25, 0.3) is 0 Å². The predicted octanol–water partition coefficient (Wildman–Crippen LogP) is 4.46. The van der Waals surface area contributed by atoms with Gasteiger partial charge in [-0.25, -0.2) is 4.39 Å². The van der Waals surface area contributed by atoms with Gasteiger partial charge in [0.1, 0.15) is 5.82 Å². The van der Waals surface area contributed by atoms with Crippen LogP contribution in [0.2, 0.25) is 0 Å². The molecule has 1 N–H and O–H groups in total. The van der Waals surface area contributed by atoms with E-state index in [2.05, 4.69) is 12.2 Å². The van der Waals surface area contributed by atoms with E-state index < -0.39 is 0 Å². The van der Waals surface area contributed by atoms with Crippen LogP contribution < -0.4 is 5.32 Å². The Bertz CT molecular complexity index is 357. The quantitative estimate of drug-likeness (QED) is 0.604. The van der Waals surface area contributed by atoms with Crippen molar-refractivity contribution in [2.75, 3.05) is 20.2 Å². The van der Waals surface area contributed by atoms with Crippen molar-refractivity contribution < 1.29 is 9.13 Å². The molecule has 3 heteroatoms. The Morgan fingerprint density at radius 3 is 2.60 bits per heavy atom. The fraction of sp³-hybridized carbons (Fsp3) is 0.647. The van der Waals surface area contributed by atoms with Crippen molar-refractivity contribution in [2.24, 2.45) is 0 Å². The second-order valence-corrected chi connectivity index (χ2v) is 5.24. The highest BCUT2D eigenvalue weighted by molar-refractivity contribution is 5.19. The molecular weight excluding hydrogens is 253 g/mol. The van der Waals surface area contributed by atoms with Gasteiger partial charge >= 0.3 is 0 Å². The number of unbranched alkanes of at least 4 members (excludes halogenated alkanes) is 5. The Morgan fingerprint density at radius 1 is 1.15 bits per heavy atom. The molecule has 1 aromatic rings. The van der Waals surface area contributed by atoms with Crippen molar-refractivity contribution in [3.63, 3.8) is 0 Å². The highest BCUT2D eigenvalue weighted by Gasteiger charge is 2.11. The molecule has 1 aromatic carbocycles. The number of hydrogen-bond acceptors (Lipinski definition) is 2. The lowest BCUT2D eigenvalue weighted by Crippen LogP contribution is -2.20. The number of ether oxygens (including phenoxy) is 1. The molecule has 0 amide bonds. The summed E-state index contributed by atoms with van der Waals surface area (Å²) in [5.41, 5.74) is 0.908. The molecule has 0 bridgehead atoms. The highest BCUT2D eigenvalue weighted by Crippen LogP contribution is 2.18. The topological polar surface area (TPSA) is 21.3 Å². The molecule has 0 saturated heterocycles. The lowest BCUT2D eigenvalue weighted by atomic mass is 10.1. The van der Waals surface area contributed by atoms with Gasteiger partial charge in [0.05, 0.1) is 6.10 Å². The predicted molar refractivity (Wildman–Crippen MR) is 82.4 cm³/mol. The maximum atomic E-state index is 13.3. The molecule has 1 unspecified atom stereocenters. The van der Waals surface area contributed by atoms with Crippen molar-refractivity contribution in [1.82, 2.24) is 5.32 Å². The SMILES string of the molecule is CCCCCCCCOC(CNC)c1cccc(F)c1. The third-order valence-electron chi connectivity index (χ3n) is 3.43. The van der Waals surface area contributed by atoms with Crippen molar-refractivity contribution in [3.05, 3.63) is 35.6 Å². The first kappa shape index (κ1) is 17.1. The van der Waals surface area contributed by atoms with Crippen LogP contribution in [0.4, 0.5) is 4.39 Å². The monoisotopic (exact) mass is 281 g/mol. The number of rotatable bonds is 11. The second kappa shape index (κ2) is 10.8. The van der Waals surface area contributed by atoms with Crippen LogP contribution in [-0.4, -0.2) is 20.2 Å². The molecule has 0 radical (unpaired) electrons. The van der Waals surface area contributed by atoms with E-state index >= 15 is 0 Å². The summed E-state index contributed by atoms with van der Waals surface area (Å²) in [6.07, 6.45) is 7.45. The first-order valence-electron chi connectivity index (χ1n) is 7.79. The molecule has 0 heterocycles. The number of halogens is 1. The van der Waals surface area contributed by atoms with Crippen molar-refractivity contribution in [2.45, 2.75) is 51.6 Å². The lowest BCUT2D eigenvalue weighted by Gasteiger charge is -2.18. The summed E-state index contributed by atoms with van der Waals surface area (Å²) in [5.74, 6) is -0.202. The fourth-order valence-corrected chi connectivity index (χ4v) is 2.27. The molecule has 0 aromatic heterocycles. The summed E-state index contributed by atoms with van der Waals surface area (Å²) in [6.45, 7) is 3.68. The van der Waals surface area contributed by atoms with Crippen LogP contribution in [0.1, 0.15) is 57.1 Å². The zero-order valence-corrected chi connectivity index (χ0v) is 12.8. The Labute approximate surface area is 122 Å². The van der Waals surface area contributed by atoms with E-state index in [0.717, 1.165) is 18.6 Å². The molecule has 1 rings (SSSR count). The van der Waals surface area contributed by atoms with Crippen LogP contribution >= 0.6 is 0 Å². The summed E-state index contributed by atoms with van der Waals surface area (Å²) in [6, 6.07) is 6.69. The van der Waals surface area contributed by atoms with Gasteiger partial charge in [-0.3, -0.25) is 0 Å². The summed E-state index contributed by atoms with van der Waals surface area (Å²) in [7, 11) is 1.89. The first-order chi connectivity index (χ1) is 9.77. The Balaban J connectivity index is 2.29.